The number of non-ortho nitro benzene ring substituents is 1. The first-order valence-corrected chi connectivity index (χ1v) is 6.06. The first kappa shape index (κ1) is 12.7. The Morgan fingerprint density at radius 1 is 1.39 bits per heavy atom. The number of rotatable bonds is 5. The van der Waals surface area contributed by atoms with Gasteiger partial charge in [-0.3, -0.25) is 19.8 Å². The molecule has 5 heteroatoms. The highest BCUT2D eigenvalue weighted by atomic mass is 16.6. The number of likely N-dealkylation sites (N-methyl/N-ethyl adjacent to an activating group) is 1. The van der Waals surface area contributed by atoms with Gasteiger partial charge in [0.2, 0.25) is 0 Å². The van der Waals surface area contributed by atoms with E-state index < -0.39 is 4.92 Å². The predicted octanol–water partition coefficient (Wildman–Crippen LogP) is 2.26. The highest BCUT2D eigenvalue weighted by Gasteiger charge is 2.23. The molecule has 1 fully saturated rings. The molecular formula is C13H16N2O3. The summed E-state index contributed by atoms with van der Waals surface area (Å²) in [4.78, 5) is 24.1. The molecule has 0 bridgehead atoms. The zero-order chi connectivity index (χ0) is 13.1. The van der Waals surface area contributed by atoms with Crippen molar-refractivity contribution in [3.63, 3.8) is 0 Å². The zero-order valence-electron chi connectivity index (χ0n) is 10.3. The number of Topliss-reactive ketones (excluding diaryl/α,β-unsaturated/α-hetero) is 1. The molecule has 18 heavy (non-hydrogen) atoms. The molecule has 1 aromatic rings. The van der Waals surface area contributed by atoms with Crippen LogP contribution in [0.5, 0.6) is 0 Å². The van der Waals surface area contributed by atoms with E-state index in [1.807, 2.05) is 7.05 Å². The van der Waals surface area contributed by atoms with Crippen LogP contribution >= 0.6 is 0 Å². The largest absolute Gasteiger partial charge is 0.296 e. The second-order valence-corrected chi connectivity index (χ2v) is 4.73. The van der Waals surface area contributed by atoms with Crippen LogP contribution in [0.4, 0.5) is 5.69 Å². The third kappa shape index (κ3) is 2.73. The molecule has 0 N–H and O–H groups in total. The fourth-order valence-corrected chi connectivity index (χ4v) is 2.04. The van der Waals surface area contributed by atoms with Crippen molar-refractivity contribution in [3.8, 4) is 0 Å². The van der Waals surface area contributed by atoms with Gasteiger partial charge in [-0.05, 0) is 32.0 Å². The summed E-state index contributed by atoms with van der Waals surface area (Å²) in [5, 5.41) is 10.5. The lowest BCUT2D eigenvalue weighted by Crippen LogP contribution is -2.40. The van der Waals surface area contributed by atoms with Gasteiger partial charge in [0, 0.05) is 23.7 Å². The average Bonchev–Trinajstić information content (AvgIpc) is 2.26. The molecule has 0 aliphatic heterocycles. The number of nitro benzene ring substituents is 1. The Labute approximate surface area is 106 Å². The molecule has 1 saturated carbocycles. The lowest BCUT2D eigenvalue weighted by atomic mass is 9.91. The number of hydrogen-bond acceptors (Lipinski definition) is 4. The Morgan fingerprint density at radius 3 is 2.44 bits per heavy atom. The highest BCUT2D eigenvalue weighted by Crippen LogP contribution is 2.23. The summed E-state index contributed by atoms with van der Waals surface area (Å²) in [6.45, 7) is 0.377. The van der Waals surface area contributed by atoms with Crippen LogP contribution in [0.25, 0.3) is 0 Å². The van der Waals surface area contributed by atoms with Crippen LogP contribution in [0, 0.1) is 10.1 Å². The van der Waals surface area contributed by atoms with Crippen molar-refractivity contribution in [1.29, 1.82) is 0 Å². The Kier molecular flexibility index (Phi) is 3.72. The standard InChI is InChI=1S/C13H16N2O3/c1-14(11-3-2-4-11)9-13(16)10-5-7-12(8-6-10)15(17)18/h5-8,11H,2-4,9H2,1H3. The third-order valence-electron chi connectivity index (χ3n) is 3.49. The second-order valence-electron chi connectivity index (χ2n) is 4.73. The number of benzene rings is 1. The Balaban J connectivity index is 1.97. The van der Waals surface area contributed by atoms with Gasteiger partial charge in [-0.1, -0.05) is 6.42 Å². The summed E-state index contributed by atoms with van der Waals surface area (Å²) >= 11 is 0. The summed E-state index contributed by atoms with van der Waals surface area (Å²) in [5.41, 5.74) is 0.547. The van der Waals surface area contributed by atoms with Gasteiger partial charge in [-0.15, -0.1) is 0 Å². The molecule has 1 aromatic carbocycles. The Hall–Kier alpha value is -1.75. The topological polar surface area (TPSA) is 63.5 Å². The molecule has 0 heterocycles. The Morgan fingerprint density at radius 2 is 2.00 bits per heavy atom. The van der Waals surface area contributed by atoms with E-state index in [-0.39, 0.29) is 11.5 Å². The summed E-state index contributed by atoms with van der Waals surface area (Å²) < 4.78 is 0. The lowest BCUT2D eigenvalue weighted by Gasteiger charge is -2.34. The third-order valence-corrected chi connectivity index (χ3v) is 3.49. The lowest BCUT2D eigenvalue weighted by molar-refractivity contribution is -0.384. The van der Waals surface area contributed by atoms with Gasteiger partial charge < -0.3 is 0 Å². The molecule has 0 spiro atoms. The van der Waals surface area contributed by atoms with Crippen molar-refractivity contribution >= 4 is 11.5 Å². The van der Waals surface area contributed by atoms with Crippen LogP contribution in [-0.4, -0.2) is 35.2 Å². The van der Waals surface area contributed by atoms with Gasteiger partial charge in [-0.25, -0.2) is 0 Å². The van der Waals surface area contributed by atoms with E-state index >= 15 is 0 Å². The summed E-state index contributed by atoms with van der Waals surface area (Å²) in [6, 6.07) is 6.31. The quantitative estimate of drug-likeness (QED) is 0.455. The molecule has 0 unspecified atom stereocenters. The number of carbonyl (C=O) groups excluding carboxylic acids is 1. The molecule has 96 valence electrons. The van der Waals surface area contributed by atoms with E-state index in [9.17, 15) is 14.9 Å². The van der Waals surface area contributed by atoms with Gasteiger partial charge in [0.1, 0.15) is 0 Å². The minimum atomic E-state index is -0.464. The average molecular weight is 248 g/mol. The van der Waals surface area contributed by atoms with Gasteiger partial charge in [0.15, 0.2) is 5.78 Å². The van der Waals surface area contributed by atoms with Gasteiger partial charge in [-0.2, -0.15) is 0 Å². The molecule has 0 radical (unpaired) electrons. The van der Waals surface area contributed by atoms with Crippen molar-refractivity contribution in [2.75, 3.05) is 13.6 Å². The van der Waals surface area contributed by atoms with Crippen molar-refractivity contribution < 1.29 is 9.72 Å². The summed E-state index contributed by atoms with van der Waals surface area (Å²) in [5.74, 6) is 0.0132. The minimum absolute atomic E-state index is 0.0129. The van der Waals surface area contributed by atoms with Crippen LogP contribution < -0.4 is 0 Å². The Bertz CT molecular complexity index is 452. The molecule has 0 atom stereocenters. The molecule has 1 aliphatic rings. The predicted molar refractivity (Wildman–Crippen MR) is 67.7 cm³/mol. The highest BCUT2D eigenvalue weighted by molar-refractivity contribution is 5.97. The van der Waals surface area contributed by atoms with E-state index in [0.29, 0.717) is 18.2 Å². The normalized spacial score (nSPS) is 15.4. The van der Waals surface area contributed by atoms with E-state index in [4.69, 9.17) is 0 Å². The van der Waals surface area contributed by atoms with Crippen molar-refractivity contribution in [2.24, 2.45) is 0 Å². The smallest absolute Gasteiger partial charge is 0.269 e. The number of hydrogen-bond donors (Lipinski definition) is 0. The molecule has 0 amide bonds. The van der Waals surface area contributed by atoms with Crippen molar-refractivity contribution in [1.82, 2.24) is 4.90 Å². The monoisotopic (exact) mass is 248 g/mol. The molecule has 0 aromatic heterocycles. The molecule has 2 rings (SSSR count). The molecule has 1 aliphatic carbocycles. The summed E-state index contributed by atoms with van der Waals surface area (Å²) in [7, 11) is 1.95. The second kappa shape index (κ2) is 5.27. The number of nitro groups is 1. The van der Waals surface area contributed by atoms with Crippen molar-refractivity contribution in [2.45, 2.75) is 25.3 Å². The first-order chi connectivity index (χ1) is 8.58. The van der Waals surface area contributed by atoms with Gasteiger partial charge in [0.05, 0.1) is 11.5 Å². The minimum Gasteiger partial charge on any atom is -0.296 e. The van der Waals surface area contributed by atoms with Crippen LogP contribution in [0.2, 0.25) is 0 Å². The van der Waals surface area contributed by atoms with Crippen LogP contribution in [0.3, 0.4) is 0 Å². The van der Waals surface area contributed by atoms with Crippen LogP contribution in [0.15, 0.2) is 24.3 Å². The van der Waals surface area contributed by atoms with E-state index in [0.717, 1.165) is 12.8 Å². The van der Waals surface area contributed by atoms with Gasteiger partial charge in [0.25, 0.3) is 5.69 Å². The molecule has 0 saturated heterocycles. The maximum absolute atomic E-state index is 12.0. The van der Waals surface area contributed by atoms with Crippen molar-refractivity contribution in [3.05, 3.63) is 39.9 Å². The van der Waals surface area contributed by atoms with Gasteiger partial charge >= 0.3 is 0 Å². The molecule has 5 nitrogen and oxygen atoms in total. The number of ketones is 1. The SMILES string of the molecule is CN(CC(=O)c1ccc([N+](=O)[O-])cc1)C1CCC1. The fourth-order valence-electron chi connectivity index (χ4n) is 2.04. The van der Waals surface area contributed by atoms with E-state index in [2.05, 4.69) is 4.90 Å². The van der Waals surface area contributed by atoms with Crippen LogP contribution in [0.1, 0.15) is 29.6 Å². The van der Waals surface area contributed by atoms with Crippen LogP contribution in [-0.2, 0) is 0 Å². The molecular weight excluding hydrogens is 232 g/mol. The number of carbonyl (C=O) groups is 1. The zero-order valence-corrected chi connectivity index (χ0v) is 10.3. The fraction of sp³-hybridized carbons (Fsp3) is 0.462. The maximum Gasteiger partial charge on any atom is 0.269 e. The maximum atomic E-state index is 12.0. The van der Waals surface area contributed by atoms with E-state index in [1.54, 1.807) is 0 Å². The van der Waals surface area contributed by atoms with E-state index in [1.165, 1.54) is 30.7 Å². The number of nitrogens with zero attached hydrogens (tertiary/aromatic N) is 2. The first-order valence-electron chi connectivity index (χ1n) is 6.06. The summed E-state index contributed by atoms with van der Waals surface area (Å²) in [6.07, 6.45) is 3.55.